The Hall–Kier alpha value is -1.64. The molecule has 0 bridgehead atoms. The van der Waals surface area contributed by atoms with Gasteiger partial charge in [-0.25, -0.2) is 13.1 Å². The number of sulfonamides is 1. The Kier molecular flexibility index (Phi) is 7.33. The van der Waals surface area contributed by atoms with Crippen LogP contribution in [0, 0.1) is 0 Å². The van der Waals surface area contributed by atoms with Crippen LogP contribution in [0.15, 0.2) is 42.5 Å². The fourth-order valence-electron chi connectivity index (χ4n) is 4.23. The summed E-state index contributed by atoms with van der Waals surface area (Å²) in [5, 5.41) is 4.16. The lowest BCUT2D eigenvalue weighted by molar-refractivity contribution is -0.129. The molecule has 1 aliphatic rings. The van der Waals surface area contributed by atoms with E-state index in [1.54, 1.807) is 18.2 Å². The second-order valence-corrected chi connectivity index (χ2v) is 10.8. The van der Waals surface area contributed by atoms with E-state index in [1.807, 2.05) is 38.1 Å². The molecule has 0 radical (unpaired) electrons. The molecule has 0 aromatic heterocycles. The maximum atomic E-state index is 13.6. The highest BCUT2D eigenvalue weighted by Gasteiger charge is 2.51. The first-order chi connectivity index (χ1) is 14.5. The van der Waals surface area contributed by atoms with Crippen molar-refractivity contribution in [3.05, 3.63) is 63.6 Å². The number of carbonyl (C=O) groups is 1. The van der Waals surface area contributed by atoms with Crippen LogP contribution in [0.2, 0.25) is 10.0 Å². The molecule has 2 aromatic carbocycles. The minimum absolute atomic E-state index is 0.0183. The van der Waals surface area contributed by atoms with E-state index in [-0.39, 0.29) is 11.9 Å². The molecule has 1 heterocycles. The molecular formula is C22H27Cl2N3O3S. The summed E-state index contributed by atoms with van der Waals surface area (Å²) in [6, 6.07) is 13.0. The van der Waals surface area contributed by atoms with Gasteiger partial charge in [0.15, 0.2) is 0 Å². The number of hydrogen-bond acceptors (Lipinski definition) is 4. The van der Waals surface area contributed by atoms with Crippen LogP contribution in [0.25, 0.3) is 0 Å². The van der Waals surface area contributed by atoms with Gasteiger partial charge >= 0.3 is 0 Å². The molecule has 0 aliphatic carbocycles. The summed E-state index contributed by atoms with van der Waals surface area (Å²) >= 11 is 12.4. The lowest BCUT2D eigenvalue weighted by Crippen LogP contribution is -2.56. The van der Waals surface area contributed by atoms with Crippen LogP contribution < -0.4 is 10.0 Å². The molecule has 0 fully saturated rings. The number of anilines is 1. The standard InChI is InChI=1S/C22H27Cl2N3O3S/c1-15(2)27(11-5-10-25-31(3,29)30)22(14-16-6-4-7-17(23)12-16)19-9-8-18(24)13-20(19)26-21(22)28/h4,6-9,12-13,15,25H,5,10-11,14H2,1-3H3,(H,26,28). The largest absolute Gasteiger partial charge is 0.324 e. The first-order valence-electron chi connectivity index (χ1n) is 10.1. The monoisotopic (exact) mass is 483 g/mol. The lowest BCUT2D eigenvalue weighted by Gasteiger charge is -2.43. The van der Waals surface area contributed by atoms with Gasteiger partial charge in [0.05, 0.1) is 6.26 Å². The number of hydrogen-bond donors (Lipinski definition) is 2. The van der Waals surface area contributed by atoms with E-state index in [0.717, 1.165) is 17.4 Å². The van der Waals surface area contributed by atoms with Crippen molar-refractivity contribution in [1.82, 2.24) is 9.62 Å². The molecule has 1 amide bonds. The lowest BCUT2D eigenvalue weighted by atomic mass is 9.82. The minimum Gasteiger partial charge on any atom is -0.324 e. The summed E-state index contributed by atoms with van der Waals surface area (Å²) in [4.78, 5) is 15.7. The number of amides is 1. The van der Waals surface area contributed by atoms with Crippen LogP contribution in [-0.4, -0.2) is 44.6 Å². The second-order valence-electron chi connectivity index (χ2n) is 8.12. The van der Waals surface area contributed by atoms with Crippen LogP contribution in [0.1, 0.15) is 31.4 Å². The zero-order valence-corrected chi connectivity index (χ0v) is 20.1. The Morgan fingerprint density at radius 2 is 1.84 bits per heavy atom. The summed E-state index contributed by atoms with van der Waals surface area (Å²) in [5.41, 5.74) is 1.51. The summed E-state index contributed by atoms with van der Waals surface area (Å²) in [5.74, 6) is -0.130. The van der Waals surface area contributed by atoms with Gasteiger partial charge in [-0.05, 0) is 50.1 Å². The normalized spacial score (nSPS) is 18.5. The predicted octanol–water partition coefficient (Wildman–Crippen LogP) is 4.03. The molecule has 9 heteroatoms. The minimum atomic E-state index is -3.27. The highest BCUT2D eigenvalue weighted by atomic mass is 35.5. The van der Waals surface area contributed by atoms with Gasteiger partial charge in [-0.2, -0.15) is 0 Å². The molecule has 3 rings (SSSR count). The molecule has 2 aromatic rings. The molecule has 6 nitrogen and oxygen atoms in total. The van der Waals surface area contributed by atoms with Gasteiger partial charge in [-0.1, -0.05) is 41.4 Å². The van der Waals surface area contributed by atoms with Crippen molar-refractivity contribution >= 4 is 44.8 Å². The topological polar surface area (TPSA) is 78.5 Å². The maximum absolute atomic E-state index is 13.6. The summed E-state index contributed by atoms with van der Waals surface area (Å²) < 4.78 is 25.4. The summed E-state index contributed by atoms with van der Waals surface area (Å²) in [6.45, 7) is 4.89. The van der Waals surface area contributed by atoms with Crippen molar-refractivity contribution in [3.8, 4) is 0 Å². The third-order valence-corrected chi connectivity index (χ3v) is 6.65. The zero-order chi connectivity index (χ0) is 22.8. The molecule has 1 aliphatic heterocycles. The Labute approximate surface area is 194 Å². The second kappa shape index (κ2) is 9.46. The fraction of sp³-hybridized carbons (Fsp3) is 0.409. The fourth-order valence-corrected chi connectivity index (χ4v) is 5.13. The molecule has 0 saturated heterocycles. The quantitative estimate of drug-likeness (QED) is 0.527. The van der Waals surface area contributed by atoms with Crippen LogP contribution in [-0.2, 0) is 26.8 Å². The van der Waals surface area contributed by atoms with Crippen molar-refractivity contribution < 1.29 is 13.2 Å². The molecular weight excluding hydrogens is 457 g/mol. The van der Waals surface area contributed by atoms with Crippen LogP contribution in [0.5, 0.6) is 0 Å². The van der Waals surface area contributed by atoms with Gasteiger partial charge in [-0.15, -0.1) is 0 Å². The summed E-state index contributed by atoms with van der Waals surface area (Å²) in [6.07, 6.45) is 2.11. The molecule has 0 saturated carbocycles. The van der Waals surface area contributed by atoms with Gasteiger partial charge in [0.25, 0.3) is 0 Å². The van der Waals surface area contributed by atoms with Crippen molar-refractivity contribution in [2.45, 2.75) is 38.3 Å². The summed E-state index contributed by atoms with van der Waals surface area (Å²) in [7, 11) is -3.27. The average Bonchev–Trinajstić information content (AvgIpc) is 2.91. The zero-order valence-electron chi connectivity index (χ0n) is 17.8. The maximum Gasteiger partial charge on any atom is 0.249 e. The number of halogens is 2. The number of nitrogens with one attached hydrogen (secondary N) is 2. The molecule has 1 unspecified atom stereocenters. The molecule has 1 atom stereocenters. The Morgan fingerprint density at radius 3 is 2.48 bits per heavy atom. The first-order valence-corrected chi connectivity index (χ1v) is 12.7. The Balaban J connectivity index is 2.03. The predicted molar refractivity (Wildman–Crippen MR) is 126 cm³/mol. The Bertz CT molecular complexity index is 1080. The molecule has 31 heavy (non-hydrogen) atoms. The number of carbonyl (C=O) groups excluding carboxylic acids is 1. The number of benzene rings is 2. The van der Waals surface area contributed by atoms with Crippen LogP contribution in [0.3, 0.4) is 0 Å². The van der Waals surface area contributed by atoms with Crippen LogP contribution >= 0.6 is 23.2 Å². The van der Waals surface area contributed by atoms with Gasteiger partial charge in [0.2, 0.25) is 15.9 Å². The van der Waals surface area contributed by atoms with E-state index in [1.165, 1.54) is 0 Å². The van der Waals surface area contributed by atoms with E-state index in [0.29, 0.717) is 41.7 Å². The van der Waals surface area contributed by atoms with Gasteiger partial charge in [-0.3, -0.25) is 9.69 Å². The number of rotatable bonds is 9. The molecule has 0 spiro atoms. The van der Waals surface area contributed by atoms with E-state index < -0.39 is 15.6 Å². The third kappa shape index (κ3) is 5.41. The van der Waals surface area contributed by atoms with Gasteiger partial charge < -0.3 is 5.32 Å². The highest BCUT2D eigenvalue weighted by Crippen LogP contribution is 2.45. The average molecular weight is 484 g/mol. The molecule has 2 N–H and O–H groups in total. The van der Waals surface area contributed by atoms with Crippen molar-refractivity contribution in [2.24, 2.45) is 0 Å². The van der Waals surface area contributed by atoms with E-state index >= 15 is 0 Å². The van der Waals surface area contributed by atoms with E-state index in [2.05, 4.69) is 14.9 Å². The number of fused-ring (bicyclic) bond motifs is 1. The first kappa shape index (κ1) is 24.0. The van der Waals surface area contributed by atoms with Crippen molar-refractivity contribution in [3.63, 3.8) is 0 Å². The van der Waals surface area contributed by atoms with Gasteiger partial charge in [0, 0.05) is 46.8 Å². The van der Waals surface area contributed by atoms with Crippen molar-refractivity contribution in [2.75, 3.05) is 24.7 Å². The smallest absolute Gasteiger partial charge is 0.249 e. The highest BCUT2D eigenvalue weighted by molar-refractivity contribution is 7.88. The Morgan fingerprint density at radius 1 is 1.13 bits per heavy atom. The third-order valence-electron chi connectivity index (χ3n) is 5.45. The SMILES string of the molecule is CC(C)N(CCCNS(C)(=O)=O)C1(Cc2cccc(Cl)c2)C(=O)Nc2cc(Cl)ccc21. The molecule has 168 valence electrons. The van der Waals surface area contributed by atoms with Crippen molar-refractivity contribution in [1.29, 1.82) is 0 Å². The van der Waals surface area contributed by atoms with E-state index in [9.17, 15) is 13.2 Å². The van der Waals surface area contributed by atoms with Gasteiger partial charge in [0.1, 0.15) is 5.54 Å². The van der Waals surface area contributed by atoms with Crippen LogP contribution in [0.4, 0.5) is 5.69 Å². The van der Waals surface area contributed by atoms with E-state index in [4.69, 9.17) is 23.2 Å². The number of nitrogens with zero attached hydrogens (tertiary/aromatic N) is 1.